The van der Waals surface area contributed by atoms with Crippen LogP contribution in [0.1, 0.15) is 20.8 Å². The number of hydrogen-bond acceptors (Lipinski definition) is 8. The van der Waals surface area contributed by atoms with E-state index in [1.54, 1.807) is 0 Å². The van der Waals surface area contributed by atoms with Crippen LogP contribution < -0.4 is 5.32 Å². The Bertz CT molecular complexity index is 937. The summed E-state index contributed by atoms with van der Waals surface area (Å²) in [6.45, 7) is 0. The van der Waals surface area contributed by atoms with Crippen molar-refractivity contribution in [2.75, 3.05) is 12.4 Å². The summed E-state index contributed by atoms with van der Waals surface area (Å²) in [5.41, 5.74) is -2.21. The average molecular weight is 318 g/mol. The van der Waals surface area contributed by atoms with Crippen LogP contribution in [0, 0.1) is 20.2 Å². The highest BCUT2D eigenvalue weighted by atomic mass is 16.6. The summed E-state index contributed by atoms with van der Waals surface area (Å²) >= 11 is 0. The van der Waals surface area contributed by atoms with Gasteiger partial charge in [-0.1, -0.05) is 0 Å². The molecular formula is C12H6N4O7. The maximum Gasteiger partial charge on any atom is 0.356 e. The van der Waals surface area contributed by atoms with E-state index in [0.29, 0.717) is 6.07 Å². The van der Waals surface area contributed by atoms with Gasteiger partial charge in [0.1, 0.15) is 11.4 Å². The fraction of sp³-hybridized carbons (Fsp3) is 0.0833. The summed E-state index contributed by atoms with van der Waals surface area (Å²) in [6, 6.07) is 1.77. The fourth-order valence-corrected chi connectivity index (χ4v) is 2.36. The van der Waals surface area contributed by atoms with E-state index in [9.17, 15) is 29.8 Å². The molecule has 11 nitrogen and oxygen atoms in total. The Morgan fingerprint density at radius 2 is 1.87 bits per heavy atom. The van der Waals surface area contributed by atoms with Crippen molar-refractivity contribution in [3.05, 3.63) is 43.6 Å². The SMILES string of the molecule is COC(=O)c1cc2c3c(c([N+](=O)[O-])cc([N+](=O)[O-])c3n1)NC2=O. The number of non-ortho nitro benzene ring substituents is 1. The Kier molecular flexibility index (Phi) is 2.92. The molecule has 11 heteroatoms. The third-order valence-corrected chi connectivity index (χ3v) is 3.31. The Balaban J connectivity index is 2.50. The number of methoxy groups -OCH3 is 1. The number of nitro benzene ring substituents is 2. The quantitative estimate of drug-likeness (QED) is 0.505. The van der Waals surface area contributed by atoms with Crippen LogP contribution in [0.3, 0.4) is 0 Å². The monoisotopic (exact) mass is 318 g/mol. The molecule has 1 aliphatic heterocycles. The molecule has 3 rings (SSSR count). The van der Waals surface area contributed by atoms with E-state index in [1.807, 2.05) is 0 Å². The molecule has 2 heterocycles. The van der Waals surface area contributed by atoms with Gasteiger partial charge in [0, 0.05) is 0 Å². The molecule has 1 aromatic carbocycles. The third-order valence-electron chi connectivity index (χ3n) is 3.31. The lowest BCUT2D eigenvalue weighted by atomic mass is 10.1. The number of nitrogens with one attached hydrogen (secondary N) is 1. The predicted octanol–water partition coefficient (Wildman–Crippen LogP) is 1.40. The first-order chi connectivity index (χ1) is 10.8. The molecular weight excluding hydrogens is 312 g/mol. The van der Waals surface area contributed by atoms with Gasteiger partial charge < -0.3 is 10.1 Å². The molecule has 0 saturated heterocycles. The van der Waals surface area contributed by atoms with Crippen molar-refractivity contribution in [3.8, 4) is 0 Å². The van der Waals surface area contributed by atoms with Gasteiger partial charge in [0.2, 0.25) is 0 Å². The Morgan fingerprint density at radius 1 is 1.22 bits per heavy atom. The second-order valence-corrected chi connectivity index (χ2v) is 4.53. The second-order valence-electron chi connectivity index (χ2n) is 4.53. The summed E-state index contributed by atoms with van der Waals surface area (Å²) in [5.74, 6) is -1.61. The van der Waals surface area contributed by atoms with Crippen LogP contribution in [0.4, 0.5) is 17.1 Å². The van der Waals surface area contributed by atoms with Gasteiger partial charge in [-0.3, -0.25) is 25.0 Å². The van der Waals surface area contributed by atoms with Crippen molar-refractivity contribution >= 4 is 39.8 Å². The van der Waals surface area contributed by atoms with Crippen molar-refractivity contribution < 1.29 is 24.2 Å². The van der Waals surface area contributed by atoms with E-state index in [4.69, 9.17) is 0 Å². The molecule has 0 saturated carbocycles. The summed E-state index contributed by atoms with van der Waals surface area (Å²) in [7, 11) is 1.09. The molecule has 1 aliphatic rings. The van der Waals surface area contributed by atoms with Gasteiger partial charge in [0.15, 0.2) is 5.52 Å². The molecule has 0 bridgehead atoms. The van der Waals surface area contributed by atoms with Crippen LogP contribution in [0.25, 0.3) is 10.9 Å². The smallest absolute Gasteiger partial charge is 0.356 e. The number of hydrogen-bond donors (Lipinski definition) is 1. The zero-order valence-corrected chi connectivity index (χ0v) is 11.4. The normalized spacial score (nSPS) is 12.1. The van der Waals surface area contributed by atoms with Crippen LogP contribution in [-0.2, 0) is 4.74 Å². The maximum absolute atomic E-state index is 12.0. The number of anilines is 1. The fourth-order valence-electron chi connectivity index (χ4n) is 2.36. The highest BCUT2D eigenvalue weighted by Gasteiger charge is 2.36. The largest absolute Gasteiger partial charge is 0.464 e. The minimum absolute atomic E-state index is 0.0662. The van der Waals surface area contributed by atoms with Crippen LogP contribution in [0.5, 0.6) is 0 Å². The molecule has 0 radical (unpaired) electrons. The summed E-state index contributed by atoms with van der Waals surface area (Å²) in [4.78, 5) is 48.0. The molecule has 23 heavy (non-hydrogen) atoms. The van der Waals surface area contributed by atoms with Gasteiger partial charge >= 0.3 is 11.7 Å². The number of rotatable bonds is 3. The highest BCUT2D eigenvalue weighted by Crippen LogP contribution is 2.43. The molecule has 2 aromatic rings. The Morgan fingerprint density at radius 3 is 2.43 bits per heavy atom. The van der Waals surface area contributed by atoms with Crippen LogP contribution in [0.2, 0.25) is 0 Å². The predicted molar refractivity (Wildman–Crippen MR) is 74.3 cm³/mol. The number of amides is 1. The molecule has 0 unspecified atom stereocenters. The van der Waals surface area contributed by atoms with Crippen LogP contribution in [0.15, 0.2) is 12.1 Å². The molecule has 1 aromatic heterocycles. The third kappa shape index (κ3) is 1.94. The van der Waals surface area contributed by atoms with Crippen molar-refractivity contribution in [3.63, 3.8) is 0 Å². The summed E-state index contributed by atoms with van der Waals surface area (Å²) in [5, 5.41) is 24.5. The maximum atomic E-state index is 12.0. The molecule has 0 atom stereocenters. The number of ether oxygens (including phenoxy) is 1. The standard InChI is InChI=1S/C12H6N4O7/c1-23-12(18)5-2-4-8-9(13-5)6(15(19)20)3-7(16(21)22)10(8)14-11(4)17/h2-3H,1H3,(H,14,17). The molecule has 116 valence electrons. The lowest BCUT2D eigenvalue weighted by molar-refractivity contribution is -0.392. The average Bonchev–Trinajstić information content (AvgIpc) is 2.84. The van der Waals surface area contributed by atoms with Gasteiger partial charge in [-0.15, -0.1) is 0 Å². The van der Waals surface area contributed by atoms with Gasteiger partial charge in [0.05, 0.1) is 34.0 Å². The first-order valence-corrected chi connectivity index (χ1v) is 6.05. The Labute approximate surface area is 126 Å². The van der Waals surface area contributed by atoms with Crippen molar-refractivity contribution in [1.29, 1.82) is 0 Å². The van der Waals surface area contributed by atoms with Crippen LogP contribution in [-0.4, -0.2) is 33.8 Å². The minimum atomic E-state index is -0.892. The molecule has 0 spiro atoms. The molecule has 1 N–H and O–H groups in total. The van der Waals surface area contributed by atoms with E-state index in [-0.39, 0.29) is 27.8 Å². The van der Waals surface area contributed by atoms with E-state index in [2.05, 4.69) is 15.0 Å². The van der Waals surface area contributed by atoms with Gasteiger partial charge in [-0.2, -0.15) is 0 Å². The number of benzene rings is 1. The van der Waals surface area contributed by atoms with Gasteiger partial charge in [-0.05, 0) is 6.07 Å². The highest BCUT2D eigenvalue weighted by molar-refractivity contribution is 6.27. The molecule has 0 fully saturated rings. The van der Waals surface area contributed by atoms with E-state index < -0.39 is 33.1 Å². The van der Waals surface area contributed by atoms with E-state index in [0.717, 1.165) is 13.2 Å². The van der Waals surface area contributed by atoms with Crippen molar-refractivity contribution in [2.45, 2.75) is 0 Å². The molecule has 0 aliphatic carbocycles. The molecule has 1 amide bonds. The van der Waals surface area contributed by atoms with E-state index in [1.165, 1.54) is 0 Å². The van der Waals surface area contributed by atoms with Crippen molar-refractivity contribution in [1.82, 2.24) is 4.98 Å². The first kappa shape index (κ1) is 14.3. The second kappa shape index (κ2) is 4.69. The number of carbonyl (C=O) groups excluding carboxylic acids is 2. The first-order valence-electron chi connectivity index (χ1n) is 6.05. The van der Waals surface area contributed by atoms with Crippen LogP contribution >= 0.6 is 0 Å². The lowest BCUT2D eigenvalue weighted by Crippen LogP contribution is -2.08. The number of esters is 1. The lowest BCUT2D eigenvalue weighted by Gasteiger charge is -2.04. The number of carbonyl (C=O) groups is 2. The minimum Gasteiger partial charge on any atom is -0.464 e. The van der Waals surface area contributed by atoms with Gasteiger partial charge in [-0.25, -0.2) is 9.78 Å². The topological polar surface area (TPSA) is 155 Å². The zero-order chi connectivity index (χ0) is 16.9. The summed E-state index contributed by atoms with van der Waals surface area (Å²) < 4.78 is 4.49. The Hall–Kier alpha value is -3.63. The number of nitrogens with zero attached hydrogens (tertiary/aromatic N) is 3. The van der Waals surface area contributed by atoms with Crippen molar-refractivity contribution in [2.24, 2.45) is 0 Å². The zero-order valence-electron chi connectivity index (χ0n) is 11.4. The number of pyridine rings is 1. The number of aromatic nitrogens is 1. The van der Waals surface area contributed by atoms with Gasteiger partial charge in [0.25, 0.3) is 11.6 Å². The summed E-state index contributed by atoms with van der Waals surface area (Å²) in [6.07, 6.45) is 0. The van der Waals surface area contributed by atoms with E-state index >= 15 is 0 Å². The number of nitro groups is 2.